The summed E-state index contributed by atoms with van der Waals surface area (Å²) in [5.74, 6) is 1.58. The molecule has 1 N–H and O–H groups in total. The van der Waals surface area contributed by atoms with Crippen LogP contribution in [0.1, 0.15) is 34.7 Å². The average Bonchev–Trinajstić information content (AvgIpc) is 3.30. The predicted octanol–water partition coefficient (Wildman–Crippen LogP) is 3.66. The third-order valence-electron chi connectivity index (χ3n) is 4.20. The van der Waals surface area contributed by atoms with Gasteiger partial charge in [-0.25, -0.2) is 0 Å². The number of aryl methyl sites for hydroxylation is 1. The molecule has 3 heterocycles. The monoisotopic (exact) mass is 385 g/mol. The van der Waals surface area contributed by atoms with E-state index in [4.69, 9.17) is 14.0 Å². The third-order valence-corrected chi connectivity index (χ3v) is 5.26. The molecule has 1 aliphatic heterocycles. The molecule has 4 rings (SSSR count). The number of ether oxygens (including phenoxy) is 2. The lowest BCUT2D eigenvalue weighted by molar-refractivity contribution is -0.119. The van der Waals surface area contributed by atoms with E-state index in [-0.39, 0.29) is 18.6 Å². The Bertz CT molecular complexity index is 919. The van der Waals surface area contributed by atoms with E-state index in [0.717, 1.165) is 11.3 Å². The number of nitrogens with zero attached hydrogens (tertiary/aromatic N) is 2. The van der Waals surface area contributed by atoms with Gasteiger partial charge in [0.05, 0.1) is 13.0 Å². The molecule has 1 atom stereocenters. The van der Waals surface area contributed by atoms with Crippen molar-refractivity contribution in [3.05, 3.63) is 57.9 Å². The van der Waals surface area contributed by atoms with Gasteiger partial charge in [-0.2, -0.15) is 4.98 Å². The molecule has 0 aliphatic carbocycles. The van der Waals surface area contributed by atoms with Crippen LogP contribution in [-0.4, -0.2) is 22.7 Å². The van der Waals surface area contributed by atoms with Crippen LogP contribution >= 0.6 is 11.3 Å². The quantitative estimate of drug-likeness (QED) is 0.697. The summed E-state index contributed by atoms with van der Waals surface area (Å²) in [5.41, 5.74) is 2.00. The van der Waals surface area contributed by atoms with Gasteiger partial charge in [0.2, 0.25) is 5.91 Å². The number of anilines is 1. The molecule has 3 aromatic rings. The van der Waals surface area contributed by atoms with Gasteiger partial charge in [-0.15, -0.1) is 11.3 Å². The number of fused-ring (bicyclic) bond motifs is 1. The summed E-state index contributed by atoms with van der Waals surface area (Å²) >= 11 is 1.65. The van der Waals surface area contributed by atoms with Crippen molar-refractivity contribution in [1.82, 2.24) is 10.1 Å². The molecule has 0 unspecified atom stereocenters. The van der Waals surface area contributed by atoms with Crippen molar-refractivity contribution in [2.45, 2.75) is 32.5 Å². The second kappa shape index (κ2) is 7.89. The van der Waals surface area contributed by atoms with Gasteiger partial charge in [-0.3, -0.25) is 4.79 Å². The van der Waals surface area contributed by atoms with Gasteiger partial charge in [-0.05, 0) is 54.6 Å². The second-order valence-corrected chi connectivity index (χ2v) is 7.17. The number of thiophene rings is 1. The number of hydrogen-bond acceptors (Lipinski definition) is 7. The van der Waals surface area contributed by atoms with Gasteiger partial charge in [0, 0.05) is 10.6 Å². The van der Waals surface area contributed by atoms with Crippen molar-refractivity contribution >= 4 is 22.9 Å². The van der Waals surface area contributed by atoms with Crippen molar-refractivity contribution in [3.8, 4) is 5.75 Å². The van der Waals surface area contributed by atoms with Crippen molar-refractivity contribution in [1.29, 1.82) is 0 Å². The molecule has 27 heavy (non-hydrogen) atoms. The Morgan fingerprint density at radius 3 is 2.96 bits per heavy atom. The Hall–Kier alpha value is -2.71. The molecule has 0 saturated carbocycles. The highest BCUT2D eigenvalue weighted by Crippen LogP contribution is 2.34. The Kier molecular flexibility index (Phi) is 5.17. The normalized spacial score (nSPS) is 16.0. The average molecular weight is 385 g/mol. The van der Waals surface area contributed by atoms with Crippen LogP contribution in [0.15, 0.2) is 40.2 Å². The van der Waals surface area contributed by atoms with Crippen LogP contribution in [0, 0.1) is 6.92 Å². The van der Waals surface area contributed by atoms with Gasteiger partial charge >= 0.3 is 0 Å². The van der Waals surface area contributed by atoms with Gasteiger partial charge in [0.15, 0.2) is 12.4 Å². The lowest BCUT2D eigenvalue weighted by atomic mass is 10.1. The van der Waals surface area contributed by atoms with Crippen molar-refractivity contribution in [3.63, 3.8) is 0 Å². The van der Waals surface area contributed by atoms with E-state index in [1.807, 2.05) is 0 Å². The van der Waals surface area contributed by atoms with E-state index in [1.165, 1.54) is 5.56 Å². The molecule has 2 aromatic heterocycles. The Morgan fingerprint density at radius 1 is 1.33 bits per heavy atom. The zero-order valence-electron chi connectivity index (χ0n) is 14.8. The number of hydrogen-bond donors (Lipinski definition) is 1. The molecule has 0 fully saturated rings. The zero-order valence-corrected chi connectivity index (χ0v) is 15.6. The van der Waals surface area contributed by atoms with Gasteiger partial charge in [0.1, 0.15) is 11.9 Å². The number of amides is 1. The minimum atomic E-state index is -0.158. The van der Waals surface area contributed by atoms with Crippen LogP contribution in [0.4, 0.5) is 5.69 Å². The maximum absolute atomic E-state index is 12.4. The summed E-state index contributed by atoms with van der Waals surface area (Å²) in [7, 11) is 0. The first-order valence-corrected chi connectivity index (χ1v) is 9.55. The molecule has 1 aliphatic rings. The number of benzene rings is 1. The highest BCUT2D eigenvalue weighted by atomic mass is 32.1. The topological polar surface area (TPSA) is 86.5 Å². The van der Waals surface area contributed by atoms with Crippen LogP contribution in [0.2, 0.25) is 0 Å². The standard InChI is InChI=1S/C19H19N3O4S/c1-12-20-18(26-22-12)11-25-15-4-2-14(3-5-15)21-17(23)10-16-19-13(6-8-24-16)7-9-27-19/h2-5,7,9,16H,6,8,10-11H2,1H3,(H,21,23)/t16-/m1/s1. The predicted molar refractivity (Wildman–Crippen MR) is 99.8 cm³/mol. The van der Waals surface area contributed by atoms with E-state index in [2.05, 4.69) is 26.9 Å². The van der Waals surface area contributed by atoms with E-state index < -0.39 is 0 Å². The number of nitrogens with one attached hydrogen (secondary N) is 1. The maximum atomic E-state index is 12.4. The fraction of sp³-hybridized carbons (Fsp3) is 0.316. The summed E-state index contributed by atoms with van der Waals surface area (Å²) in [4.78, 5) is 17.6. The van der Waals surface area contributed by atoms with E-state index >= 15 is 0 Å². The van der Waals surface area contributed by atoms with Crippen LogP contribution < -0.4 is 10.1 Å². The van der Waals surface area contributed by atoms with Crippen LogP contribution in [0.5, 0.6) is 5.75 Å². The molecule has 1 aromatic carbocycles. The summed E-state index contributed by atoms with van der Waals surface area (Å²) < 4.78 is 16.4. The largest absolute Gasteiger partial charge is 0.484 e. The molecular formula is C19H19N3O4S. The molecule has 0 radical (unpaired) electrons. The third kappa shape index (κ3) is 4.35. The molecule has 1 amide bonds. The maximum Gasteiger partial charge on any atom is 0.264 e. The van der Waals surface area contributed by atoms with Gasteiger partial charge < -0.3 is 19.3 Å². The Morgan fingerprint density at radius 2 is 2.19 bits per heavy atom. The first kappa shape index (κ1) is 17.7. The summed E-state index contributed by atoms with van der Waals surface area (Å²) in [6.45, 7) is 2.62. The van der Waals surface area contributed by atoms with E-state index in [9.17, 15) is 4.79 Å². The molecular weight excluding hydrogens is 366 g/mol. The summed E-state index contributed by atoms with van der Waals surface area (Å²) in [6, 6.07) is 9.28. The molecule has 140 valence electrons. The van der Waals surface area contributed by atoms with Gasteiger partial charge in [0.25, 0.3) is 5.89 Å². The van der Waals surface area contributed by atoms with E-state index in [1.54, 1.807) is 42.5 Å². The fourth-order valence-electron chi connectivity index (χ4n) is 2.93. The SMILES string of the molecule is Cc1noc(COc2ccc(NC(=O)C[C@H]3OCCc4ccsc43)cc2)n1. The minimum absolute atomic E-state index is 0.0729. The number of rotatable bonds is 6. The summed E-state index contributed by atoms with van der Waals surface area (Å²) in [6.07, 6.45) is 1.07. The van der Waals surface area contributed by atoms with Crippen LogP contribution in [-0.2, 0) is 22.6 Å². The Balaban J connectivity index is 1.30. The number of carbonyl (C=O) groups excluding carboxylic acids is 1. The van der Waals surface area contributed by atoms with Crippen molar-refractivity contribution < 1.29 is 18.8 Å². The van der Waals surface area contributed by atoms with E-state index in [0.29, 0.717) is 36.2 Å². The molecule has 7 nitrogen and oxygen atoms in total. The second-order valence-electron chi connectivity index (χ2n) is 6.22. The Labute approximate surface area is 160 Å². The number of aromatic nitrogens is 2. The van der Waals surface area contributed by atoms with Crippen molar-refractivity contribution in [2.24, 2.45) is 0 Å². The molecule has 0 bridgehead atoms. The molecule has 8 heteroatoms. The molecule has 0 saturated heterocycles. The first-order valence-electron chi connectivity index (χ1n) is 8.67. The zero-order chi connectivity index (χ0) is 18.6. The smallest absolute Gasteiger partial charge is 0.264 e. The highest BCUT2D eigenvalue weighted by molar-refractivity contribution is 7.10. The van der Waals surface area contributed by atoms with Crippen LogP contribution in [0.3, 0.4) is 0 Å². The number of carbonyl (C=O) groups is 1. The minimum Gasteiger partial charge on any atom is -0.484 e. The lowest BCUT2D eigenvalue weighted by Gasteiger charge is -2.22. The fourth-order valence-corrected chi connectivity index (χ4v) is 3.94. The highest BCUT2D eigenvalue weighted by Gasteiger charge is 2.24. The first-order chi connectivity index (χ1) is 13.2. The molecule has 0 spiro atoms. The van der Waals surface area contributed by atoms with Crippen LogP contribution in [0.25, 0.3) is 0 Å². The lowest BCUT2D eigenvalue weighted by Crippen LogP contribution is -2.21. The van der Waals surface area contributed by atoms with Crippen molar-refractivity contribution in [2.75, 3.05) is 11.9 Å². The summed E-state index contributed by atoms with van der Waals surface area (Å²) in [5, 5.41) is 8.67. The van der Waals surface area contributed by atoms with Gasteiger partial charge in [-0.1, -0.05) is 5.16 Å².